The number of carbonyl (C=O) groups is 3. The third-order valence-electron chi connectivity index (χ3n) is 7.43. The summed E-state index contributed by atoms with van der Waals surface area (Å²) in [5.74, 6) is -0.344. The normalized spacial score (nSPS) is 13.7. The van der Waals surface area contributed by atoms with Crippen molar-refractivity contribution in [1.29, 1.82) is 0 Å². The minimum atomic E-state index is -1.33. The molecule has 0 radical (unpaired) electrons. The molecule has 1 spiro atoms. The first-order valence-electron chi connectivity index (χ1n) is 13.3. The van der Waals surface area contributed by atoms with E-state index in [9.17, 15) is 14.4 Å². The van der Waals surface area contributed by atoms with Gasteiger partial charge < -0.3 is 18.9 Å². The average Bonchev–Trinajstić information content (AvgIpc) is 3.31. The molecule has 5 aromatic carbocycles. The van der Waals surface area contributed by atoms with Crippen molar-refractivity contribution in [1.82, 2.24) is 0 Å². The van der Waals surface area contributed by atoms with Crippen LogP contribution in [0.3, 0.4) is 0 Å². The maximum atomic E-state index is 13.3. The van der Waals surface area contributed by atoms with Gasteiger partial charge >= 0.3 is 17.9 Å². The van der Waals surface area contributed by atoms with E-state index in [2.05, 4.69) is 0 Å². The van der Waals surface area contributed by atoms with Crippen LogP contribution in [-0.4, -0.2) is 17.9 Å². The second kappa shape index (κ2) is 9.74. The number of benzene rings is 5. The smallest absolute Gasteiger partial charge is 0.343 e. The van der Waals surface area contributed by atoms with E-state index in [4.69, 9.17) is 18.9 Å². The SMILES string of the molecule is Cc1cccc2c1C(=O)OC21c2ccc(OC(=O)c3ccccc3)cc2Oc2cc(OC(=O)c3ccccc3)ccc21. The zero-order valence-corrected chi connectivity index (χ0v) is 22.3. The lowest BCUT2D eigenvalue weighted by Crippen LogP contribution is -2.33. The van der Waals surface area contributed by atoms with E-state index in [0.717, 1.165) is 5.56 Å². The highest BCUT2D eigenvalue weighted by molar-refractivity contribution is 5.98. The molecule has 7 nitrogen and oxygen atoms in total. The Morgan fingerprint density at radius 3 is 1.67 bits per heavy atom. The van der Waals surface area contributed by atoms with Gasteiger partial charge in [0.25, 0.3) is 0 Å². The molecule has 0 aliphatic carbocycles. The Balaban J connectivity index is 1.33. The van der Waals surface area contributed by atoms with Gasteiger partial charge in [-0.2, -0.15) is 0 Å². The van der Waals surface area contributed by atoms with Crippen LogP contribution in [0.1, 0.15) is 53.3 Å². The molecule has 5 aromatic rings. The molecule has 7 rings (SSSR count). The highest BCUT2D eigenvalue weighted by Crippen LogP contribution is 2.57. The lowest BCUT2D eigenvalue weighted by molar-refractivity contribution is 0.0224. The number of rotatable bonds is 4. The number of fused-ring (bicyclic) bond motifs is 6. The number of ether oxygens (including phenoxy) is 4. The molecule has 0 atom stereocenters. The van der Waals surface area contributed by atoms with Crippen molar-refractivity contribution in [3.8, 4) is 23.0 Å². The van der Waals surface area contributed by atoms with Crippen LogP contribution in [0.4, 0.5) is 0 Å². The molecule has 2 aliphatic rings. The summed E-state index contributed by atoms with van der Waals surface area (Å²) in [5.41, 5.74) is 2.55. The third kappa shape index (κ3) is 4.02. The van der Waals surface area contributed by atoms with Gasteiger partial charge in [-0.05, 0) is 61.0 Å². The number of hydrogen-bond acceptors (Lipinski definition) is 7. The molecular formula is C35H22O7. The standard InChI is InChI=1S/C35H22O7/c1-21-9-8-14-28-31(21)34(38)42-35(28)26-17-15-24(39-32(36)22-10-4-2-5-11-22)19-29(26)41-30-20-25(16-18-27(30)35)40-33(37)23-12-6-3-7-13-23/h2-20H,1H3. The monoisotopic (exact) mass is 554 g/mol. The molecule has 0 bridgehead atoms. The van der Waals surface area contributed by atoms with E-state index in [0.29, 0.717) is 44.9 Å². The Labute approximate surface area is 240 Å². The Morgan fingerprint density at radius 1 is 0.619 bits per heavy atom. The van der Waals surface area contributed by atoms with Crippen LogP contribution < -0.4 is 14.2 Å². The fourth-order valence-electron chi connectivity index (χ4n) is 5.50. The summed E-state index contributed by atoms with van der Waals surface area (Å²) in [7, 11) is 0. The molecule has 42 heavy (non-hydrogen) atoms. The predicted molar refractivity (Wildman–Crippen MR) is 152 cm³/mol. The molecule has 0 aromatic heterocycles. The summed E-state index contributed by atoms with van der Waals surface area (Å²) >= 11 is 0. The van der Waals surface area contributed by atoms with E-state index in [-0.39, 0.29) is 11.5 Å². The fourth-order valence-corrected chi connectivity index (χ4v) is 5.50. The van der Waals surface area contributed by atoms with Crippen LogP contribution in [0.2, 0.25) is 0 Å². The fraction of sp³-hybridized carbons (Fsp3) is 0.0571. The molecule has 0 fully saturated rings. The maximum absolute atomic E-state index is 13.3. The zero-order chi connectivity index (χ0) is 28.8. The molecule has 0 saturated carbocycles. The van der Waals surface area contributed by atoms with Gasteiger partial charge in [-0.3, -0.25) is 0 Å². The topological polar surface area (TPSA) is 88.1 Å². The Hall–Kier alpha value is -5.69. The van der Waals surface area contributed by atoms with Gasteiger partial charge in [0.05, 0.1) is 16.7 Å². The van der Waals surface area contributed by atoms with E-state index >= 15 is 0 Å². The van der Waals surface area contributed by atoms with Crippen molar-refractivity contribution in [2.75, 3.05) is 0 Å². The van der Waals surface area contributed by atoms with Gasteiger partial charge in [0.1, 0.15) is 23.0 Å². The minimum absolute atomic E-state index is 0.252. The molecule has 7 heteroatoms. The van der Waals surface area contributed by atoms with Crippen molar-refractivity contribution in [3.63, 3.8) is 0 Å². The summed E-state index contributed by atoms with van der Waals surface area (Å²) in [5, 5.41) is 0. The summed E-state index contributed by atoms with van der Waals surface area (Å²) < 4.78 is 23.9. The van der Waals surface area contributed by atoms with Gasteiger partial charge in [-0.15, -0.1) is 0 Å². The van der Waals surface area contributed by atoms with E-state index in [1.165, 1.54) is 0 Å². The number of hydrogen-bond donors (Lipinski definition) is 0. The predicted octanol–water partition coefficient (Wildman–Crippen LogP) is 7.00. The highest BCUT2D eigenvalue weighted by atomic mass is 16.6. The summed E-state index contributed by atoms with van der Waals surface area (Å²) in [6.07, 6.45) is 0. The Kier molecular flexibility index (Phi) is 5.87. The van der Waals surface area contributed by atoms with E-state index < -0.39 is 23.5 Å². The first-order valence-corrected chi connectivity index (χ1v) is 13.3. The second-order valence-electron chi connectivity index (χ2n) is 10.00. The first kappa shape index (κ1) is 25.3. The summed E-state index contributed by atoms with van der Waals surface area (Å²) in [6, 6.07) is 32.8. The number of carbonyl (C=O) groups excluding carboxylic acids is 3. The quantitative estimate of drug-likeness (QED) is 0.175. The van der Waals surface area contributed by atoms with Crippen molar-refractivity contribution in [2.24, 2.45) is 0 Å². The molecule has 204 valence electrons. The second-order valence-corrected chi connectivity index (χ2v) is 10.00. The minimum Gasteiger partial charge on any atom is -0.456 e. The van der Waals surface area contributed by atoms with Gasteiger partial charge in [0, 0.05) is 28.8 Å². The van der Waals surface area contributed by atoms with E-state index in [1.54, 1.807) is 84.9 Å². The molecule has 0 unspecified atom stereocenters. The lowest BCUT2D eigenvalue weighted by Gasteiger charge is -2.36. The van der Waals surface area contributed by atoms with Crippen molar-refractivity contribution in [2.45, 2.75) is 12.5 Å². The molecule has 0 amide bonds. The van der Waals surface area contributed by atoms with Crippen molar-refractivity contribution in [3.05, 3.63) is 154 Å². The maximum Gasteiger partial charge on any atom is 0.343 e. The Morgan fingerprint density at radius 2 is 1.14 bits per heavy atom. The van der Waals surface area contributed by atoms with Crippen molar-refractivity contribution >= 4 is 17.9 Å². The van der Waals surface area contributed by atoms with Crippen LogP contribution in [0.5, 0.6) is 23.0 Å². The Bertz CT molecular complexity index is 1790. The third-order valence-corrected chi connectivity index (χ3v) is 7.43. The molecule has 0 saturated heterocycles. The number of aryl methyl sites for hydroxylation is 1. The van der Waals surface area contributed by atoms with Gasteiger partial charge in [-0.25, -0.2) is 14.4 Å². The largest absolute Gasteiger partial charge is 0.456 e. The molecular weight excluding hydrogens is 532 g/mol. The van der Waals surface area contributed by atoms with Gasteiger partial charge in [0.2, 0.25) is 0 Å². The number of esters is 3. The summed E-state index contributed by atoms with van der Waals surface area (Å²) in [6.45, 7) is 1.86. The first-order chi connectivity index (χ1) is 20.4. The molecule has 2 aliphatic heterocycles. The van der Waals surface area contributed by atoms with Crippen LogP contribution >= 0.6 is 0 Å². The highest BCUT2D eigenvalue weighted by Gasteiger charge is 2.54. The van der Waals surface area contributed by atoms with Gasteiger partial charge in [0.15, 0.2) is 5.60 Å². The van der Waals surface area contributed by atoms with Crippen molar-refractivity contribution < 1.29 is 33.3 Å². The lowest BCUT2D eigenvalue weighted by atomic mass is 9.77. The summed E-state index contributed by atoms with van der Waals surface area (Å²) in [4.78, 5) is 38.8. The van der Waals surface area contributed by atoms with Crippen LogP contribution in [0.15, 0.2) is 115 Å². The van der Waals surface area contributed by atoms with Crippen LogP contribution in [0, 0.1) is 6.92 Å². The molecule has 2 heterocycles. The van der Waals surface area contributed by atoms with Crippen LogP contribution in [0.25, 0.3) is 0 Å². The average molecular weight is 555 g/mol. The molecule has 0 N–H and O–H groups in total. The van der Waals surface area contributed by atoms with E-state index in [1.807, 2.05) is 37.3 Å². The van der Waals surface area contributed by atoms with Crippen LogP contribution in [-0.2, 0) is 10.3 Å². The van der Waals surface area contributed by atoms with Gasteiger partial charge in [-0.1, -0.05) is 54.6 Å². The zero-order valence-electron chi connectivity index (χ0n) is 22.3.